The highest BCUT2D eigenvalue weighted by Gasteiger charge is 2.13. The number of carbonyl (C=O) groups is 1. The maximum absolute atomic E-state index is 12.3. The van der Waals surface area contributed by atoms with Gasteiger partial charge in [-0.15, -0.1) is 0 Å². The van der Waals surface area contributed by atoms with Crippen LogP contribution in [0.5, 0.6) is 0 Å². The zero-order valence-electron chi connectivity index (χ0n) is 12.4. The first-order chi connectivity index (χ1) is 10.6. The van der Waals surface area contributed by atoms with Gasteiger partial charge in [0.05, 0.1) is 10.1 Å². The highest BCUT2D eigenvalue weighted by molar-refractivity contribution is 7.14. The van der Waals surface area contributed by atoms with Crippen LogP contribution >= 0.6 is 11.5 Å². The summed E-state index contributed by atoms with van der Waals surface area (Å²) in [6.45, 7) is 2.06. The molecule has 0 N–H and O–H groups in total. The van der Waals surface area contributed by atoms with Gasteiger partial charge in [-0.05, 0) is 49.0 Å². The zero-order chi connectivity index (χ0) is 15.5. The average Bonchev–Trinajstić information content (AvgIpc) is 2.87. The van der Waals surface area contributed by atoms with Crippen molar-refractivity contribution >= 4 is 27.5 Å². The maximum Gasteiger partial charge on any atom is 0.275 e. The molecule has 0 spiro atoms. The summed E-state index contributed by atoms with van der Waals surface area (Å²) in [7, 11) is 0. The van der Waals surface area contributed by atoms with Crippen LogP contribution in [0, 0.1) is 6.92 Å². The molecule has 0 amide bonds. The van der Waals surface area contributed by atoms with E-state index in [1.54, 1.807) is 6.07 Å². The first kappa shape index (κ1) is 14.7. The molecule has 3 nitrogen and oxygen atoms in total. The van der Waals surface area contributed by atoms with Crippen molar-refractivity contribution in [3.63, 3.8) is 0 Å². The molecule has 0 saturated carbocycles. The van der Waals surface area contributed by atoms with Gasteiger partial charge in [0.2, 0.25) is 5.91 Å². The number of hydrogen-bond donors (Lipinski definition) is 0. The third-order valence-electron chi connectivity index (χ3n) is 3.69. The van der Waals surface area contributed by atoms with Crippen LogP contribution in [-0.4, -0.2) is 9.86 Å². The van der Waals surface area contributed by atoms with E-state index >= 15 is 0 Å². The molecule has 2 aromatic carbocycles. The smallest absolute Gasteiger partial charge is 0.273 e. The summed E-state index contributed by atoms with van der Waals surface area (Å²) in [4.78, 5) is 24.4. The van der Waals surface area contributed by atoms with Gasteiger partial charge in [-0.1, -0.05) is 42.0 Å². The SMILES string of the molecule is Cc1ccc(CCCC(=O)n2sc3ccccc3c2=O)cc1. The van der Waals surface area contributed by atoms with Crippen LogP contribution in [0.15, 0.2) is 53.3 Å². The minimum Gasteiger partial charge on any atom is -0.273 e. The van der Waals surface area contributed by atoms with Gasteiger partial charge < -0.3 is 0 Å². The van der Waals surface area contributed by atoms with E-state index in [0.29, 0.717) is 11.8 Å². The lowest BCUT2D eigenvalue weighted by Crippen LogP contribution is -2.20. The summed E-state index contributed by atoms with van der Waals surface area (Å²) in [6, 6.07) is 15.7. The Hall–Kier alpha value is -2.20. The maximum atomic E-state index is 12.3. The number of aromatic nitrogens is 1. The van der Waals surface area contributed by atoms with Crippen molar-refractivity contribution < 1.29 is 4.79 Å². The number of nitrogens with zero attached hydrogens (tertiary/aromatic N) is 1. The van der Waals surface area contributed by atoms with Crippen LogP contribution in [0.4, 0.5) is 0 Å². The van der Waals surface area contributed by atoms with Crippen molar-refractivity contribution in [3.8, 4) is 0 Å². The first-order valence-corrected chi connectivity index (χ1v) is 8.12. The van der Waals surface area contributed by atoms with Gasteiger partial charge in [0, 0.05) is 6.42 Å². The Kier molecular flexibility index (Phi) is 4.20. The van der Waals surface area contributed by atoms with E-state index < -0.39 is 0 Å². The predicted molar refractivity (Wildman–Crippen MR) is 90.8 cm³/mol. The molecule has 0 aliphatic rings. The normalized spacial score (nSPS) is 11.0. The second-order valence-electron chi connectivity index (χ2n) is 5.42. The molecule has 1 heterocycles. The number of benzene rings is 2. The second-order valence-corrected chi connectivity index (χ2v) is 6.41. The molecular weight excluding hydrogens is 294 g/mol. The molecule has 112 valence electrons. The molecular formula is C18H17NO2S. The van der Waals surface area contributed by atoms with Gasteiger partial charge in [-0.2, -0.15) is 3.96 Å². The number of rotatable bonds is 4. The number of aryl methyl sites for hydroxylation is 2. The highest BCUT2D eigenvalue weighted by Crippen LogP contribution is 2.16. The van der Waals surface area contributed by atoms with E-state index in [4.69, 9.17) is 0 Å². The van der Waals surface area contributed by atoms with Crippen LogP contribution < -0.4 is 5.56 Å². The van der Waals surface area contributed by atoms with Crippen molar-refractivity contribution in [3.05, 3.63) is 70.0 Å². The summed E-state index contributed by atoms with van der Waals surface area (Å²) >= 11 is 1.23. The Balaban J connectivity index is 1.67. The Morgan fingerprint density at radius 1 is 1.09 bits per heavy atom. The number of carbonyl (C=O) groups excluding carboxylic acids is 1. The van der Waals surface area contributed by atoms with E-state index in [0.717, 1.165) is 17.5 Å². The minimum atomic E-state index is -0.194. The number of fused-ring (bicyclic) bond motifs is 1. The molecule has 0 bridgehead atoms. The summed E-state index contributed by atoms with van der Waals surface area (Å²) in [5.41, 5.74) is 2.26. The van der Waals surface area contributed by atoms with Gasteiger partial charge >= 0.3 is 0 Å². The molecule has 0 aliphatic heterocycles. The monoisotopic (exact) mass is 311 g/mol. The lowest BCUT2D eigenvalue weighted by molar-refractivity contribution is 0.0910. The molecule has 1 aromatic heterocycles. The predicted octanol–water partition coefficient (Wildman–Crippen LogP) is 4.03. The second kappa shape index (κ2) is 6.28. The molecule has 0 atom stereocenters. The third-order valence-corrected chi connectivity index (χ3v) is 4.80. The quantitative estimate of drug-likeness (QED) is 0.729. The fourth-order valence-electron chi connectivity index (χ4n) is 2.44. The van der Waals surface area contributed by atoms with Crippen LogP contribution in [0.2, 0.25) is 0 Å². The van der Waals surface area contributed by atoms with Crippen LogP contribution in [0.25, 0.3) is 10.1 Å². The van der Waals surface area contributed by atoms with Crippen molar-refractivity contribution in [1.29, 1.82) is 0 Å². The van der Waals surface area contributed by atoms with Crippen molar-refractivity contribution in [2.24, 2.45) is 0 Å². The Morgan fingerprint density at radius 2 is 1.82 bits per heavy atom. The first-order valence-electron chi connectivity index (χ1n) is 7.35. The van der Waals surface area contributed by atoms with Crippen LogP contribution in [0.1, 0.15) is 28.8 Å². The van der Waals surface area contributed by atoms with Crippen molar-refractivity contribution in [2.45, 2.75) is 26.2 Å². The van der Waals surface area contributed by atoms with E-state index in [9.17, 15) is 9.59 Å². The molecule has 0 unspecified atom stereocenters. The lowest BCUT2D eigenvalue weighted by Gasteiger charge is -2.02. The van der Waals surface area contributed by atoms with E-state index in [1.807, 2.05) is 18.2 Å². The van der Waals surface area contributed by atoms with E-state index in [2.05, 4.69) is 31.2 Å². The van der Waals surface area contributed by atoms with Gasteiger partial charge in [-0.25, -0.2) is 0 Å². The standard InChI is InChI=1S/C18H17NO2S/c1-13-9-11-14(12-10-13)5-4-8-17(20)19-18(21)15-6-2-3-7-16(15)22-19/h2-3,6-7,9-12H,4-5,8H2,1H3. The largest absolute Gasteiger partial charge is 0.275 e. The molecule has 22 heavy (non-hydrogen) atoms. The third kappa shape index (κ3) is 3.02. The summed E-state index contributed by atoms with van der Waals surface area (Å²) < 4.78 is 2.15. The van der Waals surface area contributed by atoms with Crippen molar-refractivity contribution in [1.82, 2.24) is 3.96 Å². The van der Waals surface area contributed by atoms with Gasteiger partial charge in [0.15, 0.2) is 0 Å². The summed E-state index contributed by atoms with van der Waals surface area (Å²) in [6.07, 6.45) is 1.99. The number of hydrogen-bond acceptors (Lipinski definition) is 3. The van der Waals surface area contributed by atoms with E-state index in [-0.39, 0.29) is 11.5 Å². The minimum absolute atomic E-state index is 0.113. The molecule has 3 rings (SSSR count). The fourth-order valence-corrected chi connectivity index (χ4v) is 3.40. The summed E-state index contributed by atoms with van der Waals surface area (Å²) in [5.74, 6) is -0.113. The Morgan fingerprint density at radius 3 is 2.55 bits per heavy atom. The summed E-state index contributed by atoms with van der Waals surface area (Å²) in [5, 5.41) is 0.624. The molecule has 0 aliphatic carbocycles. The molecule has 3 aromatic rings. The highest BCUT2D eigenvalue weighted by atomic mass is 32.1. The molecule has 4 heteroatoms. The Bertz CT molecular complexity index is 859. The van der Waals surface area contributed by atoms with Crippen LogP contribution in [0.3, 0.4) is 0 Å². The molecule has 0 radical (unpaired) electrons. The van der Waals surface area contributed by atoms with Crippen LogP contribution in [-0.2, 0) is 6.42 Å². The van der Waals surface area contributed by atoms with Gasteiger partial charge in [-0.3, -0.25) is 9.59 Å². The van der Waals surface area contributed by atoms with Gasteiger partial charge in [0.25, 0.3) is 5.56 Å². The zero-order valence-corrected chi connectivity index (χ0v) is 13.2. The Labute approximate surface area is 133 Å². The lowest BCUT2D eigenvalue weighted by atomic mass is 10.1. The van der Waals surface area contributed by atoms with E-state index in [1.165, 1.54) is 26.6 Å². The molecule has 0 saturated heterocycles. The fraction of sp³-hybridized carbons (Fsp3) is 0.222. The molecule has 0 fully saturated rings. The topological polar surface area (TPSA) is 39.1 Å². The average molecular weight is 311 g/mol. The van der Waals surface area contributed by atoms with Crippen molar-refractivity contribution in [2.75, 3.05) is 0 Å². The van der Waals surface area contributed by atoms with Gasteiger partial charge in [0.1, 0.15) is 0 Å².